The fourth-order valence-corrected chi connectivity index (χ4v) is 2.52. The van der Waals surface area contributed by atoms with Crippen molar-refractivity contribution in [3.05, 3.63) is 23.8 Å². The minimum atomic E-state index is -1.10. The molecule has 22 heavy (non-hydrogen) atoms. The summed E-state index contributed by atoms with van der Waals surface area (Å²) < 4.78 is 10.3. The number of aromatic carboxylic acids is 1. The van der Waals surface area contributed by atoms with Crippen LogP contribution in [0.4, 0.5) is 5.69 Å². The van der Waals surface area contributed by atoms with Gasteiger partial charge in [0.1, 0.15) is 5.75 Å². The van der Waals surface area contributed by atoms with Crippen molar-refractivity contribution in [3.63, 3.8) is 0 Å². The van der Waals surface area contributed by atoms with E-state index in [1.807, 2.05) is 0 Å². The lowest BCUT2D eigenvalue weighted by Crippen LogP contribution is -2.19. The van der Waals surface area contributed by atoms with Gasteiger partial charge in [-0.15, -0.1) is 0 Å². The molecule has 2 rings (SSSR count). The first-order valence-electron chi connectivity index (χ1n) is 7.39. The number of methoxy groups -OCH3 is 1. The Kier molecular flexibility index (Phi) is 5.77. The monoisotopic (exact) mass is 307 g/mol. The normalized spacial score (nSPS) is 15.3. The Labute approximate surface area is 129 Å². The summed E-state index contributed by atoms with van der Waals surface area (Å²) >= 11 is 0. The van der Waals surface area contributed by atoms with E-state index in [4.69, 9.17) is 9.47 Å². The molecular weight excluding hydrogens is 286 g/mol. The molecule has 6 nitrogen and oxygen atoms in total. The van der Waals surface area contributed by atoms with Gasteiger partial charge >= 0.3 is 5.97 Å². The molecule has 1 aromatic carbocycles. The number of carbonyl (C=O) groups is 2. The summed E-state index contributed by atoms with van der Waals surface area (Å²) in [6, 6.07) is 4.57. The lowest BCUT2D eigenvalue weighted by Gasteiger charge is -2.21. The average Bonchev–Trinajstić information content (AvgIpc) is 2.54. The van der Waals surface area contributed by atoms with Crippen molar-refractivity contribution < 1.29 is 24.2 Å². The summed E-state index contributed by atoms with van der Waals surface area (Å²) in [7, 11) is 1.47. The van der Waals surface area contributed by atoms with Crippen molar-refractivity contribution in [2.45, 2.75) is 25.7 Å². The van der Waals surface area contributed by atoms with Crippen molar-refractivity contribution in [2.24, 2.45) is 5.92 Å². The molecule has 2 N–H and O–H groups in total. The van der Waals surface area contributed by atoms with Crippen LogP contribution in [0.15, 0.2) is 18.2 Å². The van der Waals surface area contributed by atoms with Crippen molar-refractivity contribution >= 4 is 17.6 Å². The zero-order chi connectivity index (χ0) is 15.9. The third-order valence-electron chi connectivity index (χ3n) is 3.85. The van der Waals surface area contributed by atoms with E-state index >= 15 is 0 Å². The van der Waals surface area contributed by atoms with Gasteiger partial charge in [0.2, 0.25) is 5.91 Å². The van der Waals surface area contributed by atoms with Crippen LogP contribution in [0.3, 0.4) is 0 Å². The maximum absolute atomic E-state index is 12.0. The summed E-state index contributed by atoms with van der Waals surface area (Å²) in [6.07, 6.45) is 3.15. The topological polar surface area (TPSA) is 84.9 Å². The van der Waals surface area contributed by atoms with Gasteiger partial charge in [0, 0.05) is 19.6 Å². The molecule has 1 heterocycles. The minimum Gasteiger partial charge on any atom is -0.497 e. The van der Waals surface area contributed by atoms with E-state index in [1.165, 1.54) is 13.2 Å². The Morgan fingerprint density at radius 1 is 1.36 bits per heavy atom. The van der Waals surface area contributed by atoms with Crippen LogP contribution in [0, 0.1) is 5.92 Å². The summed E-state index contributed by atoms with van der Waals surface area (Å²) in [5.41, 5.74) is 0.323. The first-order valence-corrected chi connectivity index (χ1v) is 7.39. The quantitative estimate of drug-likeness (QED) is 0.843. The van der Waals surface area contributed by atoms with E-state index in [-0.39, 0.29) is 11.5 Å². The standard InChI is InChI=1S/C16H21NO5/c1-21-12-3-4-14(13(10-12)16(19)20)17-15(18)5-2-11-6-8-22-9-7-11/h3-4,10-11H,2,5-9H2,1H3,(H,17,18)(H,19,20). The first-order chi connectivity index (χ1) is 10.6. The minimum absolute atomic E-state index is 0.0266. The summed E-state index contributed by atoms with van der Waals surface area (Å²) in [5.74, 6) is -0.315. The van der Waals surface area contributed by atoms with Crippen LogP contribution in [-0.2, 0) is 9.53 Å². The molecule has 0 saturated carbocycles. The van der Waals surface area contributed by atoms with Crippen LogP contribution in [0.5, 0.6) is 5.75 Å². The smallest absolute Gasteiger partial charge is 0.337 e. The molecule has 0 unspecified atom stereocenters. The van der Waals surface area contributed by atoms with Crippen molar-refractivity contribution in [2.75, 3.05) is 25.6 Å². The fraction of sp³-hybridized carbons (Fsp3) is 0.500. The molecular formula is C16H21NO5. The maximum Gasteiger partial charge on any atom is 0.337 e. The van der Waals surface area contributed by atoms with Crippen LogP contribution in [-0.4, -0.2) is 37.3 Å². The Hall–Kier alpha value is -2.08. The van der Waals surface area contributed by atoms with Gasteiger partial charge in [-0.05, 0) is 43.4 Å². The van der Waals surface area contributed by atoms with Crippen LogP contribution in [0.2, 0.25) is 0 Å². The predicted octanol–water partition coefficient (Wildman–Crippen LogP) is 2.54. The van der Waals surface area contributed by atoms with Gasteiger partial charge in [-0.1, -0.05) is 0 Å². The van der Waals surface area contributed by atoms with Crippen LogP contribution < -0.4 is 10.1 Å². The number of carbonyl (C=O) groups excluding carboxylic acids is 1. The van der Waals surface area contributed by atoms with E-state index in [9.17, 15) is 14.7 Å². The summed E-state index contributed by atoms with van der Waals surface area (Å²) in [4.78, 5) is 23.3. The van der Waals surface area contributed by atoms with Gasteiger partial charge in [0.15, 0.2) is 0 Å². The van der Waals surface area contributed by atoms with Gasteiger partial charge in [0.25, 0.3) is 0 Å². The second-order valence-electron chi connectivity index (χ2n) is 5.36. The van der Waals surface area contributed by atoms with Crippen LogP contribution >= 0.6 is 0 Å². The first kappa shape index (κ1) is 16.3. The largest absolute Gasteiger partial charge is 0.497 e. The van der Waals surface area contributed by atoms with Crippen LogP contribution in [0.1, 0.15) is 36.0 Å². The molecule has 0 radical (unpaired) electrons. The van der Waals surface area contributed by atoms with Crippen molar-refractivity contribution in [1.82, 2.24) is 0 Å². The highest BCUT2D eigenvalue weighted by Crippen LogP contribution is 2.24. The van der Waals surface area contributed by atoms with E-state index in [0.29, 0.717) is 23.8 Å². The zero-order valence-corrected chi connectivity index (χ0v) is 12.6. The van der Waals surface area contributed by atoms with Gasteiger partial charge in [-0.3, -0.25) is 4.79 Å². The lowest BCUT2D eigenvalue weighted by atomic mass is 9.95. The Balaban J connectivity index is 1.94. The number of nitrogens with one attached hydrogen (secondary N) is 1. The van der Waals surface area contributed by atoms with E-state index in [1.54, 1.807) is 12.1 Å². The second-order valence-corrected chi connectivity index (χ2v) is 5.36. The fourth-order valence-electron chi connectivity index (χ4n) is 2.52. The molecule has 1 aliphatic rings. The number of rotatable bonds is 6. The number of hydrogen-bond acceptors (Lipinski definition) is 4. The SMILES string of the molecule is COc1ccc(NC(=O)CCC2CCOCC2)c(C(=O)O)c1. The zero-order valence-electron chi connectivity index (χ0n) is 12.6. The number of anilines is 1. The Bertz CT molecular complexity index is 537. The molecule has 1 amide bonds. The maximum atomic E-state index is 12.0. The molecule has 0 bridgehead atoms. The molecule has 0 atom stereocenters. The average molecular weight is 307 g/mol. The van der Waals surface area contributed by atoms with Gasteiger partial charge in [-0.25, -0.2) is 4.79 Å². The van der Waals surface area contributed by atoms with Crippen molar-refractivity contribution in [3.8, 4) is 5.75 Å². The molecule has 1 aliphatic heterocycles. The van der Waals surface area contributed by atoms with E-state index in [2.05, 4.69) is 5.32 Å². The van der Waals surface area contributed by atoms with E-state index in [0.717, 1.165) is 32.5 Å². The summed E-state index contributed by atoms with van der Waals surface area (Å²) in [5, 5.41) is 11.9. The molecule has 120 valence electrons. The van der Waals surface area contributed by atoms with Gasteiger partial charge in [-0.2, -0.15) is 0 Å². The number of amides is 1. The highest BCUT2D eigenvalue weighted by Gasteiger charge is 2.17. The number of carboxylic acids is 1. The third kappa shape index (κ3) is 4.46. The Morgan fingerprint density at radius 2 is 2.09 bits per heavy atom. The molecule has 1 fully saturated rings. The molecule has 0 aliphatic carbocycles. The highest BCUT2D eigenvalue weighted by molar-refractivity contribution is 6.00. The molecule has 6 heteroatoms. The number of hydrogen-bond donors (Lipinski definition) is 2. The summed E-state index contributed by atoms with van der Waals surface area (Å²) in [6.45, 7) is 1.52. The molecule has 0 spiro atoms. The molecule has 1 saturated heterocycles. The third-order valence-corrected chi connectivity index (χ3v) is 3.85. The van der Waals surface area contributed by atoms with Crippen LogP contribution in [0.25, 0.3) is 0 Å². The number of benzene rings is 1. The number of carboxylic acid groups (broad SMARTS) is 1. The number of ether oxygens (including phenoxy) is 2. The molecule has 0 aromatic heterocycles. The highest BCUT2D eigenvalue weighted by atomic mass is 16.5. The second kappa shape index (κ2) is 7.79. The van der Waals surface area contributed by atoms with Gasteiger partial charge < -0.3 is 19.9 Å². The predicted molar refractivity (Wildman–Crippen MR) is 81.4 cm³/mol. The van der Waals surface area contributed by atoms with Crippen molar-refractivity contribution in [1.29, 1.82) is 0 Å². The van der Waals surface area contributed by atoms with Gasteiger partial charge in [0.05, 0.1) is 18.4 Å². The Morgan fingerprint density at radius 3 is 2.73 bits per heavy atom. The lowest BCUT2D eigenvalue weighted by molar-refractivity contribution is -0.116. The molecule has 1 aromatic rings. The van der Waals surface area contributed by atoms with E-state index < -0.39 is 5.97 Å².